The fraction of sp³-hybridized carbons (Fsp3) is 0. The van der Waals surface area contributed by atoms with Crippen molar-refractivity contribution in [3.63, 3.8) is 0 Å². The standard InChI is InChI=1S/C13H5BrCl2F2O/c14-6-3-10(17)12(11(18)4-6)13(19)8-2-1-7(15)5-9(8)16/h1-5H. The number of ketones is 1. The van der Waals surface area contributed by atoms with Crippen molar-refractivity contribution in [3.8, 4) is 0 Å². The first-order valence-electron chi connectivity index (χ1n) is 5.04. The van der Waals surface area contributed by atoms with Crippen molar-refractivity contribution in [3.05, 3.63) is 67.6 Å². The van der Waals surface area contributed by atoms with Gasteiger partial charge < -0.3 is 0 Å². The Morgan fingerprint density at radius 3 is 2.16 bits per heavy atom. The van der Waals surface area contributed by atoms with E-state index in [0.29, 0.717) is 5.02 Å². The number of benzene rings is 2. The number of halogens is 5. The lowest BCUT2D eigenvalue weighted by molar-refractivity contribution is 0.103. The molecule has 2 aromatic rings. The van der Waals surface area contributed by atoms with Crippen molar-refractivity contribution in [2.24, 2.45) is 0 Å². The van der Waals surface area contributed by atoms with Gasteiger partial charge in [-0.25, -0.2) is 8.78 Å². The normalized spacial score (nSPS) is 10.6. The molecule has 1 nitrogen and oxygen atoms in total. The molecule has 0 aliphatic heterocycles. The van der Waals surface area contributed by atoms with E-state index < -0.39 is 23.0 Å². The van der Waals surface area contributed by atoms with Gasteiger partial charge in [-0.15, -0.1) is 0 Å². The van der Waals surface area contributed by atoms with Gasteiger partial charge in [0.15, 0.2) is 5.78 Å². The van der Waals surface area contributed by atoms with E-state index in [-0.39, 0.29) is 15.1 Å². The molecule has 0 fully saturated rings. The van der Waals surface area contributed by atoms with E-state index >= 15 is 0 Å². The van der Waals surface area contributed by atoms with Crippen molar-refractivity contribution in [1.82, 2.24) is 0 Å². The second-order valence-electron chi connectivity index (χ2n) is 3.70. The molecule has 0 saturated heterocycles. The van der Waals surface area contributed by atoms with Gasteiger partial charge in [-0.05, 0) is 30.3 Å². The van der Waals surface area contributed by atoms with E-state index in [9.17, 15) is 13.6 Å². The van der Waals surface area contributed by atoms with Crippen LogP contribution in [0.3, 0.4) is 0 Å². The molecule has 0 aromatic heterocycles. The molecule has 0 unspecified atom stereocenters. The van der Waals surface area contributed by atoms with Crippen molar-refractivity contribution in [2.45, 2.75) is 0 Å². The smallest absolute Gasteiger partial charge is 0.200 e. The van der Waals surface area contributed by atoms with E-state index in [1.807, 2.05) is 0 Å². The van der Waals surface area contributed by atoms with Crippen LogP contribution in [-0.4, -0.2) is 5.78 Å². The first-order valence-corrected chi connectivity index (χ1v) is 6.59. The molecule has 0 spiro atoms. The Balaban J connectivity index is 2.56. The van der Waals surface area contributed by atoms with Crippen LogP contribution in [-0.2, 0) is 0 Å². The zero-order valence-electron chi connectivity index (χ0n) is 9.18. The molecular formula is C13H5BrCl2F2O. The van der Waals surface area contributed by atoms with Gasteiger partial charge >= 0.3 is 0 Å². The Labute approximate surface area is 126 Å². The highest BCUT2D eigenvalue weighted by Crippen LogP contribution is 2.27. The second-order valence-corrected chi connectivity index (χ2v) is 5.46. The molecule has 19 heavy (non-hydrogen) atoms. The van der Waals surface area contributed by atoms with Crippen molar-refractivity contribution < 1.29 is 13.6 Å². The van der Waals surface area contributed by atoms with Crippen LogP contribution in [0.2, 0.25) is 10.0 Å². The molecule has 0 heterocycles. The predicted molar refractivity (Wildman–Crippen MR) is 74.0 cm³/mol. The topological polar surface area (TPSA) is 17.1 Å². The third-order valence-corrected chi connectivity index (χ3v) is 3.42. The summed E-state index contributed by atoms with van der Waals surface area (Å²) in [6.45, 7) is 0. The molecule has 0 atom stereocenters. The fourth-order valence-corrected chi connectivity index (χ4v) is 2.46. The summed E-state index contributed by atoms with van der Waals surface area (Å²) in [5.41, 5.74) is -0.654. The number of hydrogen-bond donors (Lipinski definition) is 0. The van der Waals surface area contributed by atoms with Gasteiger partial charge in [-0.3, -0.25) is 4.79 Å². The van der Waals surface area contributed by atoms with Crippen LogP contribution >= 0.6 is 39.1 Å². The first kappa shape index (κ1) is 14.4. The van der Waals surface area contributed by atoms with E-state index in [4.69, 9.17) is 23.2 Å². The maximum atomic E-state index is 13.7. The summed E-state index contributed by atoms with van der Waals surface area (Å²) in [4.78, 5) is 12.1. The summed E-state index contributed by atoms with van der Waals surface area (Å²) in [5.74, 6) is -2.74. The van der Waals surface area contributed by atoms with Gasteiger partial charge in [-0.2, -0.15) is 0 Å². The summed E-state index contributed by atoms with van der Waals surface area (Å²) in [7, 11) is 0. The molecule has 0 aliphatic rings. The monoisotopic (exact) mass is 364 g/mol. The Kier molecular flexibility index (Phi) is 4.23. The molecule has 0 N–H and O–H groups in total. The zero-order valence-corrected chi connectivity index (χ0v) is 12.3. The maximum absolute atomic E-state index is 13.7. The quantitative estimate of drug-likeness (QED) is 0.663. The first-order chi connectivity index (χ1) is 8.90. The number of hydrogen-bond acceptors (Lipinski definition) is 1. The van der Waals surface area contributed by atoms with Crippen LogP contribution in [0.4, 0.5) is 8.78 Å². The highest BCUT2D eigenvalue weighted by Gasteiger charge is 2.21. The van der Waals surface area contributed by atoms with Gasteiger partial charge in [0.2, 0.25) is 0 Å². The average Bonchev–Trinajstić information content (AvgIpc) is 2.26. The molecule has 0 radical (unpaired) electrons. The lowest BCUT2D eigenvalue weighted by atomic mass is 10.0. The highest BCUT2D eigenvalue weighted by atomic mass is 79.9. The summed E-state index contributed by atoms with van der Waals surface area (Å²) < 4.78 is 27.6. The van der Waals surface area contributed by atoms with Gasteiger partial charge in [0, 0.05) is 15.1 Å². The van der Waals surface area contributed by atoms with Crippen molar-refractivity contribution in [2.75, 3.05) is 0 Å². The van der Waals surface area contributed by atoms with Crippen molar-refractivity contribution >= 4 is 44.9 Å². The summed E-state index contributed by atoms with van der Waals surface area (Å²) in [6.07, 6.45) is 0. The molecule has 0 amide bonds. The van der Waals surface area contributed by atoms with Gasteiger partial charge in [0.1, 0.15) is 11.6 Å². The third-order valence-electron chi connectivity index (χ3n) is 2.41. The van der Waals surface area contributed by atoms with E-state index in [1.54, 1.807) is 0 Å². The van der Waals surface area contributed by atoms with Crippen molar-refractivity contribution in [1.29, 1.82) is 0 Å². The molecule has 98 valence electrons. The molecule has 2 rings (SSSR count). The maximum Gasteiger partial charge on any atom is 0.200 e. The Morgan fingerprint density at radius 1 is 1.05 bits per heavy atom. The summed E-state index contributed by atoms with van der Waals surface area (Å²) in [5, 5.41) is 0.373. The highest BCUT2D eigenvalue weighted by molar-refractivity contribution is 9.10. The zero-order chi connectivity index (χ0) is 14.2. The summed E-state index contributed by atoms with van der Waals surface area (Å²) >= 11 is 14.5. The second kappa shape index (κ2) is 5.57. The Bertz CT molecular complexity index is 651. The average molecular weight is 366 g/mol. The van der Waals surface area contributed by atoms with Gasteiger partial charge in [0.25, 0.3) is 0 Å². The number of carbonyl (C=O) groups excluding carboxylic acids is 1. The SMILES string of the molecule is O=C(c1ccc(Cl)cc1Cl)c1c(F)cc(Br)cc1F. The molecule has 0 bridgehead atoms. The molecule has 2 aromatic carbocycles. The van der Waals surface area contributed by atoms with Crippen LogP contribution in [0, 0.1) is 11.6 Å². The fourth-order valence-electron chi connectivity index (χ4n) is 1.57. The molecular weight excluding hydrogens is 361 g/mol. The lowest BCUT2D eigenvalue weighted by Crippen LogP contribution is -2.08. The van der Waals surface area contributed by atoms with Crippen LogP contribution in [0.5, 0.6) is 0 Å². The van der Waals surface area contributed by atoms with Crippen LogP contribution in [0.1, 0.15) is 15.9 Å². The molecule has 0 saturated carbocycles. The van der Waals surface area contributed by atoms with E-state index in [1.165, 1.54) is 18.2 Å². The van der Waals surface area contributed by atoms with Gasteiger partial charge in [0.05, 0.1) is 10.6 Å². The van der Waals surface area contributed by atoms with Crippen LogP contribution in [0.25, 0.3) is 0 Å². The Hall–Kier alpha value is -0.970. The number of carbonyl (C=O) groups is 1. The van der Waals surface area contributed by atoms with E-state index in [2.05, 4.69) is 15.9 Å². The minimum Gasteiger partial charge on any atom is -0.288 e. The Morgan fingerprint density at radius 2 is 1.63 bits per heavy atom. The largest absolute Gasteiger partial charge is 0.288 e. The minimum atomic E-state index is -0.956. The number of rotatable bonds is 2. The van der Waals surface area contributed by atoms with Crippen LogP contribution < -0.4 is 0 Å². The van der Waals surface area contributed by atoms with E-state index in [0.717, 1.165) is 12.1 Å². The molecule has 0 aliphatic carbocycles. The minimum absolute atomic E-state index is 0.00816. The van der Waals surface area contributed by atoms with Crippen LogP contribution in [0.15, 0.2) is 34.8 Å². The predicted octanol–water partition coefficient (Wildman–Crippen LogP) is 5.27. The lowest BCUT2D eigenvalue weighted by Gasteiger charge is -2.07. The molecule has 6 heteroatoms. The third kappa shape index (κ3) is 2.96. The van der Waals surface area contributed by atoms with Gasteiger partial charge in [-0.1, -0.05) is 39.1 Å². The summed E-state index contributed by atoms with van der Waals surface area (Å²) in [6, 6.07) is 6.12.